The number of anilines is 1. The van der Waals surface area contributed by atoms with E-state index in [0.29, 0.717) is 0 Å². The van der Waals surface area contributed by atoms with E-state index < -0.39 is 0 Å². The fourth-order valence-corrected chi connectivity index (χ4v) is 3.21. The normalized spacial score (nSPS) is 20.0. The number of nitrogen functional groups attached to an aromatic ring is 1. The van der Waals surface area contributed by atoms with Crippen LogP contribution >= 0.6 is 15.9 Å². The monoisotopic (exact) mass is 323 g/mol. The molecule has 1 saturated heterocycles. The summed E-state index contributed by atoms with van der Waals surface area (Å²) in [6.45, 7) is 2.94. The maximum Gasteiger partial charge on any atom is 0.150 e. The summed E-state index contributed by atoms with van der Waals surface area (Å²) < 4.78 is 8.77. The lowest BCUT2D eigenvalue weighted by molar-refractivity contribution is -0.0366. The summed E-state index contributed by atoms with van der Waals surface area (Å²) in [5.41, 5.74) is 9.20. The third-order valence-electron chi connectivity index (χ3n) is 3.77. The van der Waals surface area contributed by atoms with E-state index >= 15 is 0 Å². The van der Waals surface area contributed by atoms with Crippen molar-refractivity contribution in [3.63, 3.8) is 0 Å². The molecule has 5 heteroatoms. The van der Waals surface area contributed by atoms with Gasteiger partial charge in [-0.2, -0.15) is 5.10 Å². The molecule has 2 heterocycles. The number of rotatable bonds is 2. The molecule has 0 amide bonds. The van der Waals surface area contributed by atoms with Gasteiger partial charge in [-0.25, -0.2) is 4.68 Å². The molecule has 2 aromatic rings. The minimum Gasteiger partial charge on any atom is -0.398 e. The molecule has 102 valence electrons. The summed E-state index contributed by atoms with van der Waals surface area (Å²) in [6.07, 6.45) is 6.21. The Labute approximate surface area is 121 Å². The first-order valence-corrected chi connectivity index (χ1v) is 7.57. The highest BCUT2D eigenvalue weighted by atomic mass is 79.9. The Morgan fingerprint density at radius 1 is 1.53 bits per heavy atom. The molecule has 0 bridgehead atoms. The first kappa shape index (κ1) is 12.9. The van der Waals surface area contributed by atoms with Gasteiger partial charge in [0.1, 0.15) is 0 Å². The number of benzene rings is 1. The van der Waals surface area contributed by atoms with Crippen molar-refractivity contribution in [2.24, 2.45) is 0 Å². The fraction of sp³-hybridized carbons (Fsp3) is 0.500. The van der Waals surface area contributed by atoms with Gasteiger partial charge in [0, 0.05) is 17.7 Å². The quantitative estimate of drug-likeness (QED) is 0.858. The van der Waals surface area contributed by atoms with Crippen LogP contribution in [0.1, 0.15) is 38.0 Å². The summed E-state index contributed by atoms with van der Waals surface area (Å²) in [4.78, 5) is 0. The van der Waals surface area contributed by atoms with Gasteiger partial charge in [-0.3, -0.25) is 0 Å². The van der Waals surface area contributed by atoms with E-state index in [1.807, 2.05) is 10.9 Å². The second-order valence-corrected chi connectivity index (χ2v) is 5.75. The van der Waals surface area contributed by atoms with E-state index in [-0.39, 0.29) is 6.23 Å². The highest BCUT2D eigenvalue weighted by molar-refractivity contribution is 9.10. The first-order valence-electron chi connectivity index (χ1n) is 6.78. The van der Waals surface area contributed by atoms with E-state index in [0.717, 1.165) is 52.5 Å². The molecular formula is C14H18BrN3O. The highest BCUT2D eigenvalue weighted by Gasteiger charge is 2.20. The second-order valence-electron chi connectivity index (χ2n) is 4.96. The molecule has 19 heavy (non-hydrogen) atoms. The van der Waals surface area contributed by atoms with Crippen molar-refractivity contribution in [2.75, 3.05) is 12.3 Å². The maximum absolute atomic E-state index is 6.13. The largest absolute Gasteiger partial charge is 0.398 e. The fourth-order valence-electron chi connectivity index (χ4n) is 2.65. The number of fused-ring (bicyclic) bond motifs is 1. The Morgan fingerprint density at radius 2 is 2.37 bits per heavy atom. The van der Waals surface area contributed by atoms with Crippen molar-refractivity contribution in [2.45, 2.75) is 38.8 Å². The Balaban J connectivity index is 2.13. The van der Waals surface area contributed by atoms with Gasteiger partial charge in [0.25, 0.3) is 0 Å². The van der Waals surface area contributed by atoms with E-state index in [1.54, 1.807) is 0 Å². The van der Waals surface area contributed by atoms with Gasteiger partial charge in [-0.1, -0.05) is 6.92 Å². The van der Waals surface area contributed by atoms with Crippen molar-refractivity contribution in [1.82, 2.24) is 9.78 Å². The molecule has 4 nitrogen and oxygen atoms in total. The van der Waals surface area contributed by atoms with Crippen LogP contribution in [-0.4, -0.2) is 16.4 Å². The van der Waals surface area contributed by atoms with E-state index in [1.165, 1.54) is 6.42 Å². The van der Waals surface area contributed by atoms with Crippen molar-refractivity contribution in [3.05, 3.63) is 22.3 Å². The lowest BCUT2D eigenvalue weighted by Crippen LogP contribution is -2.19. The molecule has 1 unspecified atom stereocenters. The average Bonchev–Trinajstić information content (AvgIpc) is 2.87. The maximum atomic E-state index is 6.13. The minimum absolute atomic E-state index is 0.0616. The topological polar surface area (TPSA) is 53.1 Å². The van der Waals surface area contributed by atoms with Gasteiger partial charge in [0.15, 0.2) is 6.23 Å². The van der Waals surface area contributed by atoms with Crippen LogP contribution in [0.3, 0.4) is 0 Å². The van der Waals surface area contributed by atoms with Crippen molar-refractivity contribution >= 4 is 32.5 Å². The summed E-state index contributed by atoms with van der Waals surface area (Å²) in [6, 6.07) is 2.14. The van der Waals surface area contributed by atoms with Crippen LogP contribution in [0.5, 0.6) is 0 Å². The third-order valence-corrected chi connectivity index (χ3v) is 4.63. The molecule has 1 fully saturated rings. The van der Waals surface area contributed by atoms with Crippen LogP contribution in [0.4, 0.5) is 5.69 Å². The van der Waals surface area contributed by atoms with Crippen LogP contribution in [0.25, 0.3) is 10.9 Å². The minimum atomic E-state index is 0.0616. The van der Waals surface area contributed by atoms with Crippen LogP contribution in [0.2, 0.25) is 0 Å². The molecule has 1 aromatic heterocycles. The van der Waals surface area contributed by atoms with Gasteiger partial charge >= 0.3 is 0 Å². The van der Waals surface area contributed by atoms with Crippen molar-refractivity contribution in [1.29, 1.82) is 0 Å². The zero-order chi connectivity index (χ0) is 13.4. The second kappa shape index (κ2) is 5.13. The van der Waals surface area contributed by atoms with Gasteiger partial charge in [0.2, 0.25) is 0 Å². The number of nitrogens with two attached hydrogens (primary N) is 1. The standard InChI is InChI=1S/C14H18BrN3O/c1-2-9-7-11-10(13(15)14(9)16)8-17-18(11)12-5-3-4-6-19-12/h7-8,12H,2-6,16H2,1H3. The van der Waals surface area contributed by atoms with Gasteiger partial charge in [-0.05, 0) is 53.2 Å². The van der Waals surface area contributed by atoms with Gasteiger partial charge in [0.05, 0.1) is 16.2 Å². The highest BCUT2D eigenvalue weighted by Crippen LogP contribution is 2.35. The lowest BCUT2D eigenvalue weighted by atomic mass is 10.1. The van der Waals surface area contributed by atoms with Gasteiger partial charge < -0.3 is 10.5 Å². The molecule has 1 aliphatic heterocycles. The van der Waals surface area contributed by atoms with E-state index in [4.69, 9.17) is 10.5 Å². The zero-order valence-electron chi connectivity index (χ0n) is 11.0. The molecule has 3 rings (SSSR count). The zero-order valence-corrected chi connectivity index (χ0v) is 12.6. The average molecular weight is 324 g/mol. The molecule has 0 saturated carbocycles. The number of hydrogen-bond acceptors (Lipinski definition) is 3. The Hall–Kier alpha value is -1.07. The van der Waals surface area contributed by atoms with Crippen LogP contribution in [-0.2, 0) is 11.2 Å². The summed E-state index contributed by atoms with van der Waals surface area (Å²) in [5, 5.41) is 5.56. The Bertz CT molecular complexity index is 602. The van der Waals surface area contributed by atoms with Crippen LogP contribution in [0.15, 0.2) is 16.7 Å². The van der Waals surface area contributed by atoms with Gasteiger partial charge in [-0.15, -0.1) is 0 Å². The van der Waals surface area contributed by atoms with Crippen molar-refractivity contribution in [3.8, 4) is 0 Å². The number of aryl methyl sites for hydroxylation is 1. The molecular weight excluding hydrogens is 306 g/mol. The van der Waals surface area contributed by atoms with E-state index in [2.05, 4.69) is 34.0 Å². The third kappa shape index (κ3) is 2.15. The molecule has 1 atom stereocenters. The Morgan fingerprint density at radius 3 is 3.05 bits per heavy atom. The number of nitrogens with zero attached hydrogens (tertiary/aromatic N) is 2. The molecule has 1 aliphatic rings. The van der Waals surface area contributed by atoms with E-state index in [9.17, 15) is 0 Å². The predicted octanol–water partition coefficient (Wildman–Crippen LogP) is 3.64. The number of hydrogen-bond donors (Lipinski definition) is 1. The number of aromatic nitrogens is 2. The van der Waals surface area contributed by atoms with Crippen molar-refractivity contribution < 1.29 is 4.74 Å². The summed E-state index contributed by atoms with van der Waals surface area (Å²) >= 11 is 3.59. The van der Waals surface area contributed by atoms with Crippen LogP contribution < -0.4 is 5.73 Å². The molecule has 0 radical (unpaired) electrons. The molecule has 1 aromatic carbocycles. The lowest BCUT2D eigenvalue weighted by Gasteiger charge is -2.23. The first-order chi connectivity index (χ1) is 9.22. The summed E-state index contributed by atoms with van der Waals surface area (Å²) in [5.74, 6) is 0. The summed E-state index contributed by atoms with van der Waals surface area (Å²) in [7, 11) is 0. The predicted molar refractivity (Wildman–Crippen MR) is 80.1 cm³/mol. The number of halogens is 1. The molecule has 0 aliphatic carbocycles. The smallest absolute Gasteiger partial charge is 0.150 e. The molecule has 0 spiro atoms. The Kier molecular flexibility index (Phi) is 3.50. The van der Waals surface area contributed by atoms with Crippen LogP contribution in [0, 0.1) is 0 Å². The number of ether oxygens (including phenoxy) is 1. The SMILES string of the molecule is CCc1cc2c(cnn2C2CCCCO2)c(Br)c1N. The molecule has 2 N–H and O–H groups in total.